The second-order valence-electron chi connectivity index (χ2n) is 3.00. The summed E-state index contributed by atoms with van der Waals surface area (Å²) in [5, 5.41) is 8.15. The van der Waals surface area contributed by atoms with Gasteiger partial charge in [-0.2, -0.15) is 5.26 Å². The Morgan fingerprint density at radius 3 is 1.08 bits per heavy atom. The van der Waals surface area contributed by atoms with Crippen molar-refractivity contribution in [3.8, 4) is 6.07 Å². The van der Waals surface area contributed by atoms with Crippen LogP contribution in [0.4, 0.5) is 0 Å². The Bertz CT molecular complexity index is 164. The van der Waals surface area contributed by atoms with Crippen LogP contribution >= 0.6 is 45.9 Å². The van der Waals surface area contributed by atoms with E-state index in [0.717, 1.165) is 0 Å². The molecule has 0 N–H and O–H groups in total. The Morgan fingerprint density at radius 2 is 1.08 bits per heavy atom. The van der Waals surface area contributed by atoms with Crippen LogP contribution in [-0.2, 0) is 10.4 Å². The van der Waals surface area contributed by atoms with Crippen LogP contribution in [0, 0.1) is 16.7 Å². The molecule has 7 heteroatoms. The Morgan fingerprint density at radius 1 is 1.00 bits per heavy atom. The van der Waals surface area contributed by atoms with Crippen molar-refractivity contribution in [2.75, 3.05) is 0 Å². The molecule has 0 aromatic heterocycles. The molecule has 12 heavy (non-hydrogen) atoms. The van der Waals surface area contributed by atoms with Gasteiger partial charge in [0, 0.05) is 5.41 Å². The quantitative estimate of drug-likeness (QED) is 0.519. The first-order valence-electron chi connectivity index (χ1n) is 2.82. The summed E-state index contributed by atoms with van der Waals surface area (Å²) in [6, 6.07) is 2.10. The van der Waals surface area contributed by atoms with E-state index in [0.29, 0.717) is 0 Å². The first kappa shape index (κ1) is 16.1. The minimum atomic E-state index is -4.44. The van der Waals surface area contributed by atoms with Crippen LogP contribution in [-0.4, -0.2) is 0 Å². The van der Waals surface area contributed by atoms with E-state index in [2.05, 4.69) is 6.07 Å². The van der Waals surface area contributed by atoms with E-state index >= 15 is 0 Å². The fraction of sp³-hybridized carbons (Fsp3) is 0.800. The summed E-state index contributed by atoms with van der Waals surface area (Å²) in [6.07, 6.45) is 0. The number of hydrogen-bond acceptors (Lipinski definition) is 1. The van der Waals surface area contributed by atoms with Gasteiger partial charge in [0.15, 0.2) is 0 Å². The van der Waals surface area contributed by atoms with E-state index < -0.39 is 10.4 Å². The molecule has 0 spiro atoms. The Balaban J connectivity index is 0. The first-order valence-corrected chi connectivity index (χ1v) is 22.7. The summed E-state index contributed by atoms with van der Waals surface area (Å²) in [4.78, 5) is 0. The molecule has 0 saturated heterocycles. The van der Waals surface area contributed by atoms with Crippen molar-refractivity contribution in [3.63, 3.8) is 0 Å². The van der Waals surface area contributed by atoms with Gasteiger partial charge in [0.2, 0.25) is 0 Å². The molecule has 0 aromatic rings. The maximum absolute atomic E-state index is 8.15. The molecular formula is C5H9Cl5NTa. The Labute approximate surface area is 92.9 Å². The van der Waals surface area contributed by atoms with Gasteiger partial charge in [-0.05, 0) is 20.8 Å². The molecule has 0 amide bonds. The molecule has 0 fully saturated rings. The van der Waals surface area contributed by atoms with Crippen LogP contribution in [0.2, 0.25) is 0 Å². The fourth-order valence-corrected chi connectivity index (χ4v) is 0. The topological polar surface area (TPSA) is 23.8 Å². The summed E-state index contributed by atoms with van der Waals surface area (Å²) in [5.41, 5.74) is -0.153. The fourth-order valence-electron chi connectivity index (χ4n) is 0. The molecular weight excluding hydrogens is 432 g/mol. The number of hydrogen-bond donors (Lipinski definition) is 0. The Kier molecular flexibility index (Phi) is 6.66. The van der Waals surface area contributed by atoms with Crippen molar-refractivity contribution in [1.29, 1.82) is 5.26 Å². The third kappa shape index (κ3) is 60.8. The molecule has 0 aliphatic carbocycles. The van der Waals surface area contributed by atoms with Crippen molar-refractivity contribution >= 4 is 45.9 Å². The Hall–Kier alpha value is 1.68. The van der Waals surface area contributed by atoms with E-state index in [1.165, 1.54) is 0 Å². The molecule has 0 heterocycles. The predicted octanol–water partition coefficient (Wildman–Crippen LogP) is 5.00. The standard InChI is InChI=1S/C5H9N.5ClH.Ta/c1-5(2,3)4-6;;;;;;/h1-3H3;5*1H;/q;;;;;;+5/p-5. The molecule has 0 rings (SSSR count). The van der Waals surface area contributed by atoms with Crippen LogP contribution in [0.5, 0.6) is 0 Å². The van der Waals surface area contributed by atoms with Crippen molar-refractivity contribution in [1.82, 2.24) is 0 Å². The SMILES string of the molecule is CC(C)(C)C#N.[Cl][Ta]([Cl])([Cl])([Cl])[Cl]. The van der Waals surface area contributed by atoms with Gasteiger partial charge in [-0.3, -0.25) is 0 Å². The predicted molar refractivity (Wildman–Crippen MR) is 54.3 cm³/mol. The molecule has 1 nitrogen and oxygen atoms in total. The summed E-state index contributed by atoms with van der Waals surface area (Å²) >= 11 is 0. The molecule has 0 atom stereocenters. The third-order valence-electron chi connectivity index (χ3n) is 0.335. The van der Waals surface area contributed by atoms with Gasteiger partial charge in [0.25, 0.3) is 0 Å². The zero-order valence-corrected chi connectivity index (χ0v) is 13.8. The zero-order valence-electron chi connectivity index (χ0n) is 6.78. The van der Waals surface area contributed by atoms with Crippen molar-refractivity contribution in [2.45, 2.75) is 20.8 Å². The normalized spacial score (nSPS) is 14.8. The van der Waals surface area contributed by atoms with E-state index in [4.69, 9.17) is 51.2 Å². The van der Waals surface area contributed by atoms with E-state index in [1.807, 2.05) is 20.8 Å². The van der Waals surface area contributed by atoms with Gasteiger partial charge in [-0.15, -0.1) is 0 Å². The van der Waals surface area contributed by atoms with E-state index in [1.54, 1.807) is 0 Å². The molecule has 0 aromatic carbocycles. The van der Waals surface area contributed by atoms with Gasteiger partial charge >= 0.3 is 56.4 Å². The zero-order chi connectivity index (χ0) is 10.7. The van der Waals surface area contributed by atoms with Crippen molar-refractivity contribution in [3.05, 3.63) is 0 Å². The molecule has 0 unspecified atom stereocenters. The van der Waals surface area contributed by atoms with Gasteiger partial charge in [-0.25, -0.2) is 0 Å². The molecule has 0 aliphatic rings. The summed E-state index contributed by atoms with van der Waals surface area (Å²) in [6.45, 7) is 5.65. The number of halogens is 5. The summed E-state index contributed by atoms with van der Waals surface area (Å²) < 4.78 is 0. The second kappa shape index (κ2) is 4.96. The van der Waals surface area contributed by atoms with Crippen LogP contribution in [0.25, 0.3) is 0 Å². The van der Waals surface area contributed by atoms with E-state index in [-0.39, 0.29) is 5.41 Å². The third-order valence-corrected chi connectivity index (χ3v) is 0.335. The average Bonchev–Trinajstić information content (AvgIpc) is 1.56. The molecule has 0 bridgehead atoms. The van der Waals surface area contributed by atoms with Gasteiger partial charge in [0.05, 0.1) is 6.07 Å². The molecule has 0 aliphatic heterocycles. The van der Waals surface area contributed by atoms with Crippen LogP contribution in [0.1, 0.15) is 20.8 Å². The van der Waals surface area contributed by atoms with Gasteiger partial charge < -0.3 is 0 Å². The number of nitriles is 1. The van der Waals surface area contributed by atoms with Gasteiger partial charge in [0.1, 0.15) is 0 Å². The minimum absolute atomic E-state index is 0.153. The molecule has 0 saturated carbocycles. The number of rotatable bonds is 0. The monoisotopic (exact) mass is 439 g/mol. The van der Waals surface area contributed by atoms with Crippen LogP contribution in [0.3, 0.4) is 0 Å². The first-order chi connectivity index (χ1) is 4.80. The van der Waals surface area contributed by atoms with Crippen molar-refractivity contribution in [2.24, 2.45) is 5.41 Å². The average molecular weight is 441 g/mol. The van der Waals surface area contributed by atoms with Gasteiger partial charge in [-0.1, -0.05) is 0 Å². The number of nitrogens with zero attached hydrogens (tertiary/aromatic N) is 1. The van der Waals surface area contributed by atoms with Crippen molar-refractivity contribution < 1.29 is 10.4 Å². The summed E-state index contributed by atoms with van der Waals surface area (Å²) in [7, 11) is 20.9. The second-order valence-corrected chi connectivity index (χ2v) is 49.4. The maximum atomic E-state index is 8.15. The van der Waals surface area contributed by atoms with E-state index in [9.17, 15) is 0 Å². The molecule has 0 radical (unpaired) electrons. The summed E-state index contributed by atoms with van der Waals surface area (Å²) in [5.74, 6) is 0. The van der Waals surface area contributed by atoms with Crippen LogP contribution in [0.15, 0.2) is 0 Å². The molecule has 74 valence electrons. The van der Waals surface area contributed by atoms with Crippen LogP contribution < -0.4 is 0 Å².